The summed E-state index contributed by atoms with van der Waals surface area (Å²) in [5.74, 6) is 0.848. The zero-order valence-electron chi connectivity index (χ0n) is 11.2. The Labute approximate surface area is 108 Å². The smallest absolute Gasteiger partial charge is 0.257 e. The molecule has 0 saturated heterocycles. The first-order valence-corrected chi connectivity index (χ1v) is 6.72. The van der Waals surface area contributed by atoms with Gasteiger partial charge in [0.05, 0.1) is 11.8 Å². The normalized spacial score (nSPS) is 23.9. The summed E-state index contributed by atoms with van der Waals surface area (Å²) in [5.41, 5.74) is 6.60. The summed E-state index contributed by atoms with van der Waals surface area (Å²) in [6, 6.07) is 2.40. The van der Waals surface area contributed by atoms with Gasteiger partial charge in [-0.25, -0.2) is 0 Å². The molecule has 1 fully saturated rings. The van der Waals surface area contributed by atoms with Crippen LogP contribution in [0.2, 0.25) is 0 Å². The first-order chi connectivity index (χ1) is 8.63. The van der Waals surface area contributed by atoms with E-state index in [1.54, 1.807) is 12.3 Å². The fraction of sp³-hybridized carbons (Fsp3) is 0.643. The lowest BCUT2D eigenvalue weighted by molar-refractivity contribution is 0.0687. The number of carbonyl (C=O) groups is 1. The van der Waals surface area contributed by atoms with E-state index in [1.165, 1.54) is 0 Å². The van der Waals surface area contributed by atoms with Gasteiger partial charge in [0.1, 0.15) is 5.76 Å². The number of furan rings is 1. The zero-order chi connectivity index (χ0) is 13.1. The SMILES string of the molecule is CCc1occc1C(=O)N(C)C1CCC(N)CC1. The second-order valence-corrected chi connectivity index (χ2v) is 5.10. The molecule has 0 aliphatic heterocycles. The molecule has 2 N–H and O–H groups in total. The van der Waals surface area contributed by atoms with Gasteiger partial charge in [-0.1, -0.05) is 6.92 Å². The molecule has 18 heavy (non-hydrogen) atoms. The van der Waals surface area contributed by atoms with Crippen molar-refractivity contribution in [2.45, 2.75) is 51.1 Å². The highest BCUT2D eigenvalue weighted by Crippen LogP contribution is 2.23. The minimum absolute atomic E-state index is 0.0704. The first-order valence-electron chi connectivity index (χ1n) is 6.72. The van der Waals surface area contributed by atoms with E-state index in [-0.39, 0.29) is 5.91 Å². The Morgan fingerprint density at radius 3 is 2.72 bits per heavy atom. The fourth-order valence-corrected chi connectivity index (χ4v) is 2.65. The molecule has 2 rings (SSSR count). The maximum atomic E-state index is 12.4. The second-order valence-electron chi connectivity index (χ2n) is 5.10. The maximum absolute atomic E-state index is 12.4. The highest BCUT2D eigenvalue weighted by atomic mass is 16.3. The van der Waals surface area contributed by atoms with Gasteiger partial charge in [0.25, 0.3) is 5.91 Å². The number of hydrogen-bond donors (Lipinski definition) is 1. The van der Waals surface area contributed by atoms with Crippen LogP contribution in [0.3, 0.4) is 0 Å². The number of nitrogens with two attached hydrogens (primary N) is 1. The number of rotatable bonds is 3. The molecule has 0 radical (unpaired) electrons. The van der Waals surface area contributed by atoms with Crippen molar-refractivity contribution in [2.24, 2.45) is 5.73 Å². The lowest BCUT2D eigenvalue weighted by Gasteiger charge is -2.33. The molecule has 1 aromatic rings. The summed E-state index contributed by atoms with van der Waals surface area (Å²) in [5, 5.41) is 0. The summed E-state index contributed by atoms with van der Waals surface area (Å²) in [6.07, 6.45) is 6.36. The Balaban J connectivity index is 2.05. The molecule has 4 heteroatoms. The van der Waals surface area contributed by atoms with Crippen molar-refractivity contribution in [2.75, 3.05) is 7.05 Å². The van der Waals surface area contributed by atoms with E-state index in [2.05, 4.69) is 0 Å². The van der Waals surface area contributed by atoms with E-state index in [4.69, 9.17) is 10.2 Å². The molecule has 1 aliphatic carbocycles. The summed E-state index contributed by atoms with van der Waals surface area (Å²) in [6.45, 7) is 2.00. The summed E-state index contributed by atoms with van der Waals surface area (Å²) in [4.78, 5) is 14.3. The number of carbonyl (C=O) groups excluding carboxylic acids is 1. The molecule has 1 saturated carbocycles. The Hall–Kier alpha value is -1.29. The van der Waals surface area contributed by atoms with Crippen molar-refractivity contribution >= 4 is 5.91 Å². The lowest BCUT2D eigenvalue weighted by atomic mass is 9.90. The van der Waals surface area contributed by atoms with Crippen LogP contribution in [0, 0.1) is 0 Å². The molecule has 1 heterocycles. The van der Waals surface area contributed by atoms with E-state index >= 15 is 0 Å². The van der Waals surface area contributed by atoms with Crippen LogP contribution in [-0.4, -0.2) is 29.9 Å². The Morgan fingerprint density at radius 2 is 2.11 bits per heavy atom. The molecule has 0 aromatic carbocycles. The minimum atomic E-state index is 0.0704. The standard InChI is InChI=1S/C14H22N2O2/c1-3-13-12(8-9-18-13)14(17)16(2)11-6-4-10(15)5-7-11/h8-11H,3-7,15H2,1-2H3. The third kappa shape index (κ3) is 2.58. The van der Waals surface area contributed by atoms with Gasteiger partial charge in [-0.2, -0.15) is 0 Å². The minimum Gasteiger partial charge on any atom is -0.469 e. The quantitative estimate of drug-likeness (QED) is 0.894. The summed E-state index contributed by atoms with van der Waals surface area (Å²) < 4.78 is 5.32. The van der Waals surface area contributed by atoms with Gasteiger partial charge in [-0.15, -0.1) is 0 Å². The van der Waals surface area contributed by atoms with Gasteiger partial charge >= 0.3 is 0 Å². The predicted octanol–water partition coefficient (Wildman–Crippen LogP) is 2.18. The molecule has 0 unspecified atom stereocenters. The summed E-state index contributed by atoms with van der Waals surface area (Å²) in [7, 11) is 1.89. The molecule has 0 atom stereocenters. The fourth-order valence-electron chi connectivity index (χ4n) is 2.65. The number of aryl methyl sites for hydroxylation is 1. The van der Waals surface area contributed by atoms with Crippen molar-refractivity contribution in [3.8, 4) is 0 Å². The summed E-state index contributed by atoms with van der Waals surface area (Å²) >= 11 is 0. The molecular formula is C14H22N2O2. The third-order valence-corrected chi connectivity index (χ3v) is 3.91. The van der Waals surface area contributed by atoms with Gasteiger partial charge in [0, 0.05) is 25.6 Å². The molecule has 4 nitrogen and oxygen atoms in total. The Bertz CT molecular complexity index is 406. The topological polar surface area (TPSA) is 59.5 Å². The van der Waals surface area contributed by atoms with Crippen LogP contribution in [0.1, 0.15) is 48.7 Å². The van der Waals surface area contributed by atoms with Crippen LogP contribution in [0.15, 0.2) is 16.7 Å². The van der Waals surface area contributed by atoms with E-state index in [0.717, 1.165) is 37.9 Å². The van der Waals surface area contributed by atoms with Crippen molar-refractivity contribution in [3.05, 3.63) is 23.7 Å². The largest absolute Gasteiger partial charge is 0.469 e. The molecular weight excluding hydrogens is 228 g/mol. The molecule has 1 amide bonds. The van der Waals surface area contributed by atoms with E-state index < -0.39 is 0 Å². The molecule has 1 aromatic heterocycles. The Morgan fingerprint density at radius 1 is 1.44 bits per heavy atom. The van der Waals surface area contributed by atoms with E-state index in [1.807, 2.05) is 18.9 Å². The van der Waals surface area contributed by atoms with Crippen molar-refractivity contribution < 1.29 is 9.21 Å². The van der Waals surface area contributed by atoms with Crippen LogP contribution in [0.4, 0.5) is 0 Å². The number of nitrogens with zero attached hydrogens (tertiary/aromatic N) is 1. The van der Waals surface area contributed by atoms with E-state index in [9.17, 15) is 4.79 Å². The number of hydrogen-bond acceptors (Lipinski definition) is 3. The van der Waals surface area contributed by atoms with Gasteiger partial charge in [-0.05, 0) is 31.7 Å². The van der Waals surface area contributed by atoms with Gasteiger partial charge < -0.3 is 15.1 Å². The molecule has 0 spiro atoms. The van der Waals surface area contributed by atoms with E-state index in [0.29, 0.717) is 17.6 Å². The van der Waals surface area contributed by atoms with Crippen LogP contribution < -0.4 is 5.73 Å². The van der Waals surface area contributed by atoms with Crippen molar-refractivity contribution in [1.29, 1.82) is 0 Å². The van der Waals surface area contributed by atoms with Crippen LogP contribution in [0.25, 0.3) is 0 Å². The Kier molecular flexibility index (Phi) is 4.07. The highest BCUT2D eigenvalue weighted by Gasteiger charge is 2.27. The molecule has 0 bridgehead atoms. The number of amides is 1. The van der Waals surface area contributed by atoms with Crippen LogP contribution in [-0.2, 0) is 6.42 Å². The first kappa shape index (κ1) is 13.1. The van der Waals surface area contributed by atoms with Crippen LogP contribution >= 0.6 is 0 Å². The average molecular weight is 250 g/mol. The monoisotopic (exact) mass is 250 g/mol. The van der Waals surface area contributed by atoms with Gasteiger partial charge in [0.2, 0.25) is 0 Å². The average Bonchev–Trinajstić information content (AvgIpc) is 2.86. The van der Waals surface area contributed by atoms with Crippen LogP contribution in [0.5, 0.6) is 0 Å². The highest BCUT2D eigenvalue weighted by molar-refractivity contribution is 5.95. The van der Waals surface area contributed by atoms with Crippen molar-refractivity contribution in [1.82, 2.24) is 4.90 Å². The predicted molar refractivity (Wildman–Crippen MR) is 70.4 cm³/mol. The molecule has 100 valence electrons. The van der Waals surface area contributed by atoms with Gasteiger partial charge in [0.15, 0.2) is 0 Å². The molecule has 1 aliphatic rings. The lowest BCUT2D eigenvalue weighted by Crippen LogP contribution is -2.42. The van der Waals surface area contributed by atoms with Crippen molar-refractivity contribution in [3.63, 3.8) is 0 Å². The zero-order valence-corrected chi connectivity index (χ0v) is 11.2. The second kappa shape index (κ2) is 5.57. The maximum Gasteiger partial charge on any atom is 0.257 e. The van der Waals surface area contributed by atoms with Gasteiger partial charge in [-0.3, -0.25) is 4.79 Å². The third-order valence-electron chi connectivity index (χ3n) is 3.91.